The number of carbonyl (C=O) groups excluding carboxylic acids is 1. The molecular weight excluding hydrogens is 228 g/mol. The zero-order valence-electron chi connectivity index (χ0n) is 12.2. The van der Waals surface area contributed by atoms with Crippen LogP contribution in [0.3, 0.4) is 0 Å². The van der Waals surface area contributed by atoms with Gasteiger partial charge in [0, 0.05) is 19.1 Å². The highest BCUT2D eigenvalue weighted by Gasteiger charge is 2.24. The van der Waals surface area contributed by atoms with E-state index in [9.17, 15) is 4.79 Å². The van der Waals surface area contributed by atoms with Crippen molar-refractivity contribution in [3.05, 3.63) is 0 Å². The fraction of sp³-hybridized carbons (Fsp3) is 0.929. The van der Waals surface area contributed by atoms with Crippen LogP contribution in [0.25, 0.3) is 0 Å². The molecule has 1 saturated carbocycles. The van der Waals surface area contributed by atoms with Gasteiger partial charge in [0.05, 0.1) is 13.7 Å². The molecule has 0 aromatic carbocycles. The normalized spacial score (nSPS) is 16.7. The van der Waals surface area contributed by atoms with Crippen molar-refractivity contribution in [3.63, 3.8) is 0 Å². The average molecular weight is 256 g/mol. The maximum absolute atomic E-state index is 11.5. The second-order valence-electron chi connectivity index (χ2n) is 5.01. The van der Waals surface area contributed by atoms with Crippen LogP contribution in [-0.4, -0.2) is 61.6 Å². The first-order valence-corrected chi connectivity index (χ1v) is 7.24. The van der Waals surface area contributed by atoms with E-state index in [2.05, 4.69) is 23.6 Å². The Balaban J connectivity index is 2.45. The zero-order chi connectivity index (χ0) is 13.4. The van der Waals surface area contributed by atoms with Crippen molar-refractivity contribution in [1.29, 1.82) is 0 Å². The van der Waals surface area contributed by atoms with Crippen LogP contribution in [0, 0.1) is 0 Å². The molecule has 0 bridgehead atoms. The van der Waals surface area contributed by atoms with Crippen LogP contribution in [0.15, 0.2) is 0 Å². The van der Waals surface area contributed by atoms with E-state index in [0.717, 1.165) is 26.2 Å². The number of ether oxygens (including phenoxy) is 1. The summed E-state index contributed by atoms with van der Waals surface area (Å²) in [6.07, 6.45) is 5.06. The van der Waals surface area contributed by atoms with E-state index in [1.165, 1.54) is 32.8 Å². The number of esters is 1. The lowest BCUT2D eigenvalue weighted by molar-refractivity contribution is -0.142. The van der Waals surface area contributed by atoms with Crippen molar-refractivity contribution in [2.45, 2.75) is 45.6 Å². The lowest BCUT2D eigenvalue weighted by Crippen LogP contribution is -2.43. The molecule has 0 heterocycles. The molecule has 1 fully saturated rings. The Morgan fingerprint density at radius 1 is 1.17 bits per heavy atom. The molecule has 0 radical (unpaired) electrons. The van der Waals surface area contributed by atoms with Gasteiger partial charge >= 0.3 is 5.97 Å². The van der Waals surface area contributed by atoms with E-state index in [1.54, 1.807) is 0 Å². The fourth-order valence-electron chi connectivity index (χ4n) is 2.70. The van der Waals surface area contributed by atoms with Gasteiger partial charge in [-0.3, -0.25) is 9.69 Å². The number of hydrogen-bond acceptors (Lipinski definition) is 4. The van der Waals surface area contributed by atoms with Crippen LogP contribution in [0.5, 0.6) is 0 Å². The number of likely N-dealkylation sites (N-methyl/N-ethyl adjacent to an activating group) is 1. The quantitative estimate of drug-likeness (QED) is 0.619. The van der Waals surface area contributed by atoms with Crippen LogP contribution < -0.4 is 0 Å². The van der Waals surface area contributed by atoms with Crippen LogP contribution in [0.4, 0.5) is 0 Å². The van der Waals surface area contributed by atoms with Gasteiger partial charge in [-0.1, -0.05) is 26.7 Å². The van der Waals surface area contributed by atoms with E-state index in [-0.39, 0.29) is 5.97 Å². The van der Waals surface area contributed by atoms with Crippen LogP contribution in [-0.2, 0) is 9.53 Å². The molecule has 0 aromatic rings. The van der Waals surface area contributed by atoms with Crippen molar-refractivity contribution in [2.24, 2.45) is 0 Å². The third-order valence-electron chi connectivity index (χ3n) is 4.00. The number of nitrogens with zero attached hydrogens (tertiary/aromatic N) is 2. The number of methoxy groups -OCH3 is 1. The largest absolute Gasteiger partial charge is 0.468 e. The molecule has 18 heavy (non-hydrogen) atoms. The minimum Gasteiger partial charge on any atom is -0.468 e. The highest BCUT2D eigenvalue weighted by molar-refractivity contribution is 5.71. The highest BCUT2D eigenvalue weighted by atomic mass is 16.5. The molecule has 0 N–H and O–H groups in total. The first-order valence-electron chi connectivity index (χ1n) is 7.24. The number of carbonyl (C=O) groups is 1. The van der Waals surface area contributed by atoms with Crippen molar-refractivity contribution < 1.29 is 9.53 Å². The summed E-state index contributed by atoms with van der Waals surface area (Å²) in [6, 6.07) is 0.583. The van der Waals surface area contributed by atoms with E-state index in [4.69, 9.17) is 4.74 Å². The first-order chi connectivity index (χ1) is 8.71. The number of hydrogen-bond donors (Lipinski definition) is 0. The van der Waals surface area contributed by atoms with Gasteiger partial charge in [-0.25, -0.2) is 0 Å². The predicted octanol–water partition coefficient (Wildman–Crippen LogP) is 1.75. The average Bonchev–Trinajstić information content (AvgIpc) is 2.92. The summed E-state index contributed by atoms with van der Waals surface area (Å²) >= 11 is 0. The van der Waals surface area contributed by atoms with Gasteiger partial charge in [-0.05, 0) is 25.9 Å². The molecule has 1 aliphatic carbocycles. The molecule has 0 atom stereocenters. The van der Waals surface area contributed by atoms with Gasteiger partial charge in [0.2, 0.25) is 0 Å². The second kappa shape index (κ2) is 8.48. The topological polar surface area (TPSA) is 32.8 Å². The first kappa shape index (κ1) is 15.4. The molecule has 0 amide bonds. The monoisotopic (exact) mass is 256 g/mol. The minimum absolute atomic E-state index is 0.110. The lowest BCUT2D eigenvalue weighted by atomic mass is 10.2. The third-order valence-corrected chi connectivity index (χ3v) is 4.00. The predicted molar refractivity (Wildman–Crippen MR) is 73.6 cm³/mol. The lowest BCUT2D eigenvalue weighted by Gasteiger charge is -2.30. The maximum Gasteiger partial charge on any atom is 0.319 e. The van der Waals surface area contributed by atoms with Gasteiger partial charge in [-0.2, -0.15) is 0 Å². The van der Waals surface area contributed by atoms with E-state index < -0.39 is 0 Å². The van der Waals surface area contributed by atoms with Crippen LogP contribution in [0.2, 0.25) is 0 Å². The van der Waals surface area contributed by atoms with Crippen molar-refractivity contribution in [2.75, 3.05) is 39.8 Å². The molecule has 0 spiro atoms. The SMILES string of the molecule is CCN(CC)CCN(CC(=O)OC)C1CCCC1. The Morgan fingerprint density at radius 3 is 2.28 bits per heavy atom. The summed E-state index contributed by atoms with van der Waals surface area (Å²) in [5, 5.41) is 0. The molecule has 1 rings (SSSR count). The molecule has 0 saturated heterocycles. The van der Waals surface area contributed by atoms with Gasteiger partial charge in [0.1, 0.15) is 0 Å². The van der Waals surface area contributed by atoms with Gasteiger partial charge in [-0.15, -0.1) is 0 Å². The summed E-state index contributed by atoms with van der Waals surface area (Å²) in [6.45, 7) is 8.98. The van der Waals surface area contributed by atoms with E-state index in [1.807, 2.05) is 0 Å². The second-order valence-corrected chi connectivity index (χ2v) is 5.01. The minimum atomic E-state index is -0.110. The maximum atomic E-state index is 11.5. The van der Waals surface area contributed by atoms with Crippen molar-refractivity contribution in [1.82, 2.24) is 9.80 Å². The molecule has 106 valence electrons. The van der Waals surface area contributed by atoms with E-state index >= 15 is 0 Å². The smallest absolute Gasteiger partial charge is 0.319 e. The van der Waals surface area contributed by atoms with Gasteiger partial charge < -0.3 is 9.64 Å². The standard InChI is InChI=1S/C14H28N2O2/c1-4-15(5-2)10-11-16(12-14(17)18-3)13-8-6-7-9-13/h13H,4-12H2,1-3H3. The summed E-state index contributed by atoms with van der Waals surface area (Å²) in [4.78, 5) is 16.2. The summed E-state index contributed by atoms with van der Waals surface area (Å²) < 4.78 is 4.81. The molecule has 1 aliphatic rings. The number of rotatable bonds is 8. The van der Waals surface area contributed by atoms with Crippen LogP contribution >= 0.6 is 0 Å². The van der Waals surface area contributed by atoms with Crippen molar-refractivity contribution >= 4 is 5.97 Å². The van der Waals surface area contributed by atoms with Crippen molar-refractivity contribution in [3.8, 4) is 0 Å². The molecule has 0 aromatic heterocycles. The fourth-order valence-corrected chi connectivity index (χ4v) is 2.70. The van der Waals surface area contributed by atoms with Gasteiger partial charge in [0.15, 0.2) is 0 Å². The van der Waals surface area contributed by atoms with Crippen LogP contribution in [0.1, 0.15) is 39.5 Å². The Kier molecular flexibility index (Phi) is 7.28. The molecule has 0 aliphatic heterocycles. The Labute approximate surface area is 111 Å². The van der Waals surface area contributed by atoms with E-state index in [0.29, 0.717) is 12.6 Å². The molecule has 4 heteroatoms. The van der Waals surface area contributed by atoms with Gasteiger partial charge in [0.25, 0.3) is 0 Å². The molecule has 4 nitrogen and oxygen atoms in total. The zero-order valence-corrected chi connectivity index (χ0v) is 12.2. The Hall–Kier alpha value is -0.610. The summed E-state index contributed by atoms with van der Waals surface area (Å²) in [7, 11) is 1.47. The summed E-state index contributed by atoms with van der Waals surface area (Å²) in [5.41, 5.74) is 0. The third kappa shape index (κ3) is 4.94. The summed E-state index contributed by atoms with van der Waals surface area (Å²) in [5.74, 6) is -0.110. The Morgan fingerprint density at radius 2 is 1.78 bits per heavy atom. The Bertz CT molecular complexity index is 236. The molecule has 0 unspecified atom stereocenters. The highest BCUT2D eigenvalue weighted by Crippen LogP contribution is 2.23. The molecular formula is C14H28N2O2.